The average molecular weight is 417 g/mol. The molecule has 2 aromatic rings. The van der Waals surface area contributed by atoms with Crippen molar-refractivity contribution in [3.8, 4) is 5.75 Å². The van der Waals surface area contributed by atoms with Crippen molar-refractivity contribution in [2.45, 2.75) is 45.7 Å². The van der Waals surface area contributed by atoms with Gasteiger partial charge in [-0.15, -0.1) is 0 Å². The second-order valence-corrected chi connectivity index (χ2v) is 8.13. The Morgan fingerprint density at radius 2 is 2.21 bits per heavy atom. The predicted molar refractivity (Wildman–Crippen MR) is 115 cm³/mol. The quantitative estimate of drug-likeness (QED) is 0.724. The zero-order chi connectivity index (χ0) is 20.8. The summed E-state index contributed by atoms with van der Waals surface area (Å²) in [6.45, 7) is 5.78. The largest absolute Gasteiger partial charge is 0.497 e. The summed E-state index contributed by atoms with van der Waals surface area (Å²) in [5.74, 6) is 0.794. The summed E-state index contributed by atoms with van der Waals surface area (Å²) in [6, 6.07) is 7.74. The van der Waals surface area contributed by atoms with Crippen molar-refractivity contribution in [3.63, 3.8) is 0 Å². The van der Waals surface area contributed by atoms with Crippen LogP contribution in [-0.2, 0) is 11.3 Å². The number of thiazole rings is 1. The van der Waals surface area contributed by atoms with Crippen molar-refractivity contribution in [3.05, 3.63) is 40.4 Å². The number of likely N-dealkylation sites (tertiary alicyclic amines) is 1. The van der Waals surface area contributed by atoms with Crippen LogP contribution in [0, 0.1) is 6.92 Å². The first-order valence-electron chi connectivity index (χ1n) is 9.93. The molecule has 0 spiro atoms. The second kappa shape index (κ2) is 9.73. The van der Waals surface area contributed by atoms with E-state index in [1.807, 2.05) is 43.0 Å². The van der Waals surface area contributed by atoms with Gasteiger partial charge in [-0.25, -0.2) is 4.98 Å². The fourth-order valence-electron chi connectivity index (χ4n) is 3.42. The molecule has 0 bridgehead atoms. The number of hydrogen-bond acceptors (Lipinski definition) is 6. The van der Waals surface area contributed by atoms with Crippen LogP contribution >= 0.6 is 11.3 Å². The molecule has 1 unspecified atom stereocenters. The Hall–Kier alpha value is -2.61. The van der Waals surface area contributed by atoms with Crippen molar-refractivity contribution >= 4 is 28.3 Å². The van der Waals surface area contributed by atoms with Gasteiger partial charge >= 0.3 is 0 Å². The van der Waals surface area contributed by atoms with Gasteiger partial charge in [0.25, 0.3) is 5.91 Å². The van der Waals surface area contributed by atoms with Gasteiger partial charge in [0.05, 0.1) is 12.8 Å². The molecule has 0 saturated carbocycles. The van der Waals surface area contributed by atoms with Gasteiger partial charge < -0.3 is 20.3 Å². The highest BCUT2D eigenvalue weighted by atomic mass is 32.1. The van der Waals surface area contributed by atoms with Gasteiger partial charge in [-0.05, 0) is 44.4 Å². The van der Waals surface area contributed by atoms with Crippen LogP contribution in [0.2, 0.25) is 0 Å². The SMILES string of the molecule is CCNc1nc(C)c(C(=O)NC2CCC(=O)N(Cc3cccc(OC)c3)CC2)s1. The number of hydrogen-bond donors (Lipinski definition) is 2. The number of methoxy groups -OCH3 is 1. The van der Waals surface area contributed by atoms with Crippen molar-refractivity contribution in [2.75, 3.05) is 25.5 Å². The van der Waals surface area contributed by atoms with Gasteiger partial charge in [-0.1, -0.05) is 23.5 Å². The molecule has 8 heteroatoms. The van der Waals surface area contributed by atoms with E-state index in [1.165, 1.54) is 11.3 Å². The number of carbonyl (C=O) groups is 2. The summed E-state index contributed by atoms with van der Waals surface area (Å²) in [6.07, 6.45) is 1.82. The smallest absolute Gasteiger partial charge is 0.263 e. The van der Waals surface area contributed by atoms with Crippen LogP contribution in [-0.4, -0.2) is 47.9 Å². The third-order valence-corrected chi connectivity index (χ3v) is 6.09. The number of nitrogens with one attached hydrogen (secondary N) is 2. The monoisotopic (exact) mass is 416 g/mol. The van der Waals surface area contributed by atoms with Gasteiger partial charge in [0, 0.05) is 32.1 Å². The first-order valence-corrected chi connectivity index (χ1v) is 10.7. The van der Waals surface area contributed by atoms with Crippen LogP contribution in [0.3, 0.4) is 0 Å². The van der Waals surface area contributed by atoms with Crippen LogP contribution in [0.1, 0.15) is 47.1 Å². The van der Waals surface area contributed by atoms with Gasteiger partial charge in [-0.3, -0.25) is 9.59 Å². The maximum Gasteiger partial charge on any atom is 0.263 e. The Labute approximate surface area is 175 Å². The summed E-state index contributed by atoms with van der Waals surface area (Å²) in [4.78, 5) is 32.2. The summed E-state index contributed by atoms with van der Waals surface area (Å²) in [5, 5.41) is 7.01. The highest BCUT2D eigenvalue weighted by Crippen LogP contribution is 2.23. The maximum atomic E-state index is 12.7. The highest BCUT2D eigenvalue weighted by Gasteiger charge is 2.25. The van der Waals surface area contributed by atoms with E-state index in [2.05, 4.69) is 15.6 Å². The molecule has 1 aromatic carbocycles. The van der Waals surface area contributed by atoms with Gasteiger partial charge in [0.2, 0.25) is 5.91 Å². The topological polar surface area (TPSA) is 83.6 Å². The molecular formula is C21H28N4O3S. The first kappa shape index (κ1) is 21.1. The fraction of sp³-hybridized carbons (Fsp3) is 0.476. The molecule has 1 aliphatic heterocycles. The lowest BCUT2D eigenvalue weighted by molar-refractivity contribution is -0.131. The molecule has 2 heterocycles. The molecule has 2 amide bonds. The molecule has 29 heavy (non-hydrogen) atoms. The number of ether oxygens (including phenoxy) is 1. The van der Waals surface area contributed by atoms with E-state index in [0.29, 0.717) is 30.8 Å². The Balaban J connectivity index is 1.59. The molecular weight excluding hydrogens is 388 g/mol. The number of rotatable bonds is 7. The van der Waals surface area contributed by atoms with Crippen molar-refractivity contribution < 1.29 is 14.3 Å². The minimum atomic E-state index is -0.108. The Morgan fingerprint density at radius 1 is 1.38 bits per heavy atom. The zero-order valence-electron chi connectivity index (χ0n) is 17.2. The van der Waals surface area contributed by atoms with Crippen LogP contribution in [0.4, 0.5) is 5.13 Å². The number of aromatic nitrogens is 1. The molecule has 156 valence electrons. The number of carbonyl (C=O) groups excluding carboxylic acids is 2. The standard InChI is InChI=1S/C21H28N4O3S/c1-4-22-21-23-14(2)19(29-21)20(27)24-16-8-9-18(26)25(11-10-16)13-15-6-5-7-17(12-15)28-3/h5-7,12,16H,4,8-11,13H2,1-3H3,(H,22,23)(H,24,27). The second-order valence-electron chi connectivity index (χ2n) is 7.13. The summed E-state index contributed by atoms with van der Waals surface area (Å²) < 4.78 is 5.27. The first-order chi connectivity index (χ1) is 14.0. The Kier molecular flexibility index (Phi) is 7.09. The third-order valence-electron chi connectivity index (χ3n) is 4.98. The predicted octanol–water partition coefficient (Wildman–Crippen LogP) is 3.20. The third kappa shape index (κ3) is 5.47. The van der Waals surface area contributed by atoms with Crippen LogP contribution < -0.4 is 15.4 Å². The molecule has 2 N–H and O–H groups in total. The number of aryl methyl sites for hydroxylation is 1. The van der Waals surface area contributed by atoms with Crippen LogP contribution in [0.5, 0.6) is 5.75 Å². The summed E-state index contributed by atoms with van der Waals surface area (Å²) in [7, 11) is 1.63. The van der Waals surface area contributed by atoms with E-state index in [-0.39, 0.29) is 17.9 Å². The minimum Gasteiger partial charge on any atom is -0.497 e. The average Bonchev–Trinajstić information content (AvgIpc) is 3.00. The number of anilines is 1. The number of nitrogens with zero attached hydrogens (tertiary/aromatic N) is 2. The molecule has 1 aromatic heterocycles. The van der Waals surface area contributed by atoms with E-state index in [4.69, 9.17) is 4.74 Å². The molecule has 3 rings (SSSR count). The van der Waals surface area contributed by atoms with E-state index >= 15 is 0 Å². The summed E-state index contributed by atoms with van der Waals surface area (Å²) >= 11 is 1.37. The summed E-state index contributed by atoms with van der Waals surface area (Å²) in [5.41, 5.74) is 1.77. The lowest BCUT2D eigenvalue weighted by atomic mass is 10.1. The lowest BCUT2D eigenvalue weighted by Gasteiger charge is -2.21. The van der Waals surface area contributed by atoms with Crippen LogP contribution in [0.25, 0.3) is 0 Å². The Bertz CT molecular complexity index is 867. The molecule has 0 aliphatic carbocycles. The van der Waals surface area contributed by atoms with E-state index in [1.54, 1.807) is 7.11 Å². The number of benzene rings is 1. The Morgan fingerprint density at radius 3 is 2.97 bits per heavy atom. The van der Waals surface area contributed by atoms with Gasteiger partial charge in [0.1, 0.15) is 10.6 Å². The molecule has 0 radical (unpaired) electrons. The number of amides is 2. The highest BCUT2D eigenvalue weighted by molar-refractivity contribution is 7.17. The van der Waals surface area contributed by atoms with Crippen molar-refractivity contribution in [1.29, 1.82) is 0 Å². The van der Waals surface area contributed by atoms with E-state index in [0.717, 1.165) is 35.1 Å². The van der Waals surface area contributed by atoms with E-state index in [9.17, 15) is 9.59 Å². The molecule has 1 aliphatic rings. The van der Waals surface area contributed by atoms with Crippen molar-refractivity contribution in [2.24, 2.45) is 0 Å². The van der Waals surface area contributed by atoms with E-state index < -0.39 is 0 Å². The molecule has 1 saturated heterocycles. The molecule has 1 atom stereocenters. The van der Waals surface area contributed by atoms with Crippen molar-refractivity contribution in [1.82, 2.24) is 15.2 Å². The van der Waals surface area contributed by atoms with Gasteiger partial charge in [0.15, 0.2) is 5.13 Å². The zero-order valence-corrected chi connectivity index (χ0v) is 18.0. The van der Waals surface area contributed by atoms with Gasteiger partial charge in [-0.2, -0.15) is 0 Å². The minimum absolute atomic E-state index is 0.0224. The maximum absolute atomic E-state index is 12.7. The lowest BCUT2D eigenvalue weighted by Crippen LogP contribution is -2.35. The normalized spacial score (nSPS) is 17.0. The van der Waals surface area contributed by atoms with Crippen LogP contribution in [0.15, 0.2) is 24.3 Å². The fourth-order valence-corrected chi connectivity index (χ4v) is 4.36. The molecule has 7 nitrogen and oxygen atoms in total. The molecule has 1 fully saturated rings.